The molecule has 0 heterocycles. The number of hydrogen-bond donors (Lipinski definition) is 1. The molecule has 0 spiro atoms. The van der Waals surface area contributed by atoms with E-state index in [1.165, 1.54) is 0 Å². The van der Waals surface area contributed by atoms with Crippen molar-refractivity contribution in [2.75, 3.05) is 7.11 Å². The van der Waals surface area contributed by atoms with Crippen molar-refractivity contribution in [3.05, 3.63) is 63.1 Å². The molecule has 0 aromatic heterocycles. The number of aliphatic hydroxyl groups excluding tert-OH is 1. The second-order valence-corrected chi connectivity index (χ2v) is 5.56. The Morgan fingerprint density at radius 1 is 1.21 bits per heavy atom. The van der Waals surface area contributed by atoms with Crippen molar-refractivity contribution in [1.82, 2.24) is 0 Å². The molecule has 2 aromatic rings. The largest absolute Gasteiger partial charge is 0.495 e. The quantitative estimate of drug-likeness (QED) is 0.894. The normalized spacial score (nSPS) is 12.2. The molecule has 0 aliphatic heterocycles. The summed E-state index contributed by atoms with van der Waals surface area (Å²) in [4.78, 5) is 0. The van der Waals surface area contributed by atoms with Crippen molar-refractivity contribution in [3.63, 3.8) is 0 Å². The molecular weight excluding hydrogens is 328 g/mol. The smallest absolute Gasteiger partial charge is 0.137 e. The Balaban J connectivity index is 2.15. The molecule has 2 aromatic carbocycles. The highest BCUT2D eigenvalue weighted by Gasteiger charge is 2.11. The van der Waals surface area contributed by atoms with Gasteiger partial charge in [0.25, 0.3) is 0 Å². The predicted molar refractivity (Wildman–Crippen MR) is 80.8 cm³/mol. The molecule has 0 bridgehead atoms. The maximum atomic E-state index is 10.2. The summed E-state index contributed by atoms with van der Waals surface area (Å²) in [7, 11) is 1.56. The van der Waals surface area contributed by atoms with Gasteiger partial charge >= 0.3 is 0 Å². The molecule has 1 unspecified atom stereocenters. The van der Waals surface area contributed by atoms with Gasteiger partial charge in [-0.1, -0.05) is 45.7 Å². The summed E-state index contributed by atoms with van der Waals surface area (Å²) in [5.41, 5.74) is 1.87. The molecule has 19 heavy (non-hydrogen) atoms. The SMILES string of the molecule is COc1cc(C(O)Cc2ccc(Br)cc2)ccc1Cl. The number of aliphatic hydroxyl groups is 1. The first-order chi connectivity index (χ1) is 9.10. The Hall–Kier alpha value is -1.03. The fraction of sp³-hybridized carbons (Fsp3) is 0.200. The van der Waals surface area contributed by atoms with E-state index in [1.54, 1.807) is 19.2 Å². The highest BCUT2D eigenvalue weighted by Crippen LogP contribution is 2.29. The first-order valence-corrected chi connectivity index (χ1v) is 7.03. The average molecular weight is 342 g/mol. The van der Waals surface area contributed by atoms with Crippen LogP contribution in [0.1, 0.15) is 17.2 Å². The van der Waals surface area contributed by atoms with Crippen molar-refractivity contribution in [2.45, 2.75) is 12.5 Å². The maximum absolute atomic E-state index is 10.2. The van der Waals surface area contributed by atoms with Crippen molar-refractivity contribution >= 4 is 27.5 Å². The third kappa shape index (κ3) is 3.72. The Labute approximate surface area is 126 Å². The minimum Gasteiger partial charge on any atom is -0.495 e. The minimum absolute atomic E-state index is 0.544. The number of ether oxygens (including phenoxy) is 1. The zero-order valence-electron chi connectivity index (χ0n) is 10.4. The average Bonchev–Trinajstić information content (AvgIpc) is 2.42. The molecule has 2 rings (SSSR count). The number of rotatable bonds is 4. The lowest BCUT2D eigenvalue weighted by Gasteiger charge is -2.13. The number of benzene rings is 2. The zero-order chi connectivity index (χ0) is 13.8. The van der Waals surface area contributed by atoms with Gasteiger partial charge in [-0.2, -0.15) is 0 Å². The predicted octanol–water partition coefficient (Wildman–Crippen LogP) is 4.39. The lowest BCUT2D eigenvalue weighted by molar-refractivity contribution is 0.178. The van der Waals surface area contributed by atoms with E-state index in [4.69, 9.17) is 16.3 Å². The van der Waals surface area contributed by atoms with Gasteiger partial charge in [0.15, 0.2) is 0 Å². The van der Waals surface area contributed by atoms with Crippen molar-refractivity contribution in [2.24, 2.45) is 0 Å². The van der Waals surface area contributed by atoms with E-state index < -0.39 is 6.10 Å². The minimum atomic E-state index is -0.577. The molecule has 0 saturated carbocycles. The second-order valence-electron chi connectivity index (χ2n) is 4.24. The summed E-state index contributed by atoms with van der Waals surface area (Å²) >= 11 is 9.36. The highest BCUT2D eigenvalue weighted by molar-refractivity contribution is 9.10. The number of methoxy groups -OCH3 is 1. The first kappa shape index (κ1) is 14.4. The van der Waals surface area contributed by atoms with Crippen molar-refractivity contribution in [3.8, 4) is 5.75 Å². The summed E-state index contributed by atoms with van der Waals surface area (Å²) < 4.78 is 6.18. The molecule has 0 radical (unpaired) electrons. The standard InChI is InChI=1S/C15H14BrClO2/c1-19-15-9-11(4-7-13(15)17)14(18)8-10-2-5-12(16)6-3-10/h2-7,9,14,18H,8H2,1H3. The van der Waals surface area contributed by atoms with Gasteiger partial charge in [-0.05, 0) is 35.4 Å². The van der Waals surface area contributed by atoms with E-state index in [-0.39, 0.29) is 0 Å². The van der Waals surface area contributed by atoms with E-state index in [0.29, 0.717) is 17.2 Å². The molecule has 1 N–H and O–H groups in total. The van der Waals surface area contributed by atoms with Crippen molar-refractivity contribution in [1.29, 1.82) is 0 Å². The van der Waals surface area contributed by atoms with Gasteiger partial charge < -0.3 is 9.84 Å². The van der Waals surface area contributed by atoms with Crippen LogP contribution in [0, 0.1) is 0 Å². The first-order valence-electron chi connectivity index (χ1n) is 5.86. The molecule has 4 heteroatoms. The maximum Gasteiger partial charge on any atom is 0.137 e. The van der Waals surface area contributed by atoms with Crippen LogP contribution in [0.3, 0.4) is 0 Å². The zero-order valence-corrected chi connectivity index (χ0v) is 12.8. The van der Waals surface area contributed by atoms with E-state index >= 15 is 0 Å². The Bertz CT molecular complexity index is 555. The lowest BCUT2D eigenvalue weighted by Crippen LogP contribution is -2.02. The van der Waals surface area contributed by atoms with Crippen LogP contribution in [0.4, 0.5) is 0 Å². The Kier molecular flexibility index (Phi) is 4.86. The topological polar surface area (TPSA) is 29.5 Å². The Morgan fingerprint density at radius 3 is 2.53 bits per heavy atom. The fourth-order valence-electron chi connectivity index (χ4n) is 1.85. The van der Waals surface area contributed by atoms with Crippen LogP contribution in [0.25, 0.3) is 0 Å². The Morgan fingerprint density at radius 2 is 1.89 bits per heavy atom. The van der Waals surface area contributed by atoms with Crippen LogP contribution in [-0.2, 0) is 6.42 Å². The summed E-state index contributed by atoms with van der Waals surface area (Å²) in [6, 6.07) is 13.2. The second kappa shape index (κ2) is 6.42. The highest BCUT2D eigenvalue weighted by atomic mass is 79.9. The van der Waals surface area contributed by atoms with E-state index in [1.807, 2.05) is 30.3 Å². The van der Waals surface area contributed by atoms with E-state index in [2.05, 4.69) is 15.9 Å². The summed E-state index contributed by atoms with van der Waals surface area (Å²) in [6.45, 7) is 0. The molecule has 1 atom stereocenters. The third-order valence-corrected chi connectivity index (χ3v) is 3.74. The van der Waals surface area contributed by atoms with E-state index in [0.717, 1.165) is 15.6 Å². The monoisotopic (exact) mass is 340 g/mol. The fourth-order valence-corrected chi connectivity index (χ4v) is 2.30. The molecule has 0 saturated heterocycles. The lowest BCUT2D eigenvalue weighted by atomic mass is 10.0. The van der Waals surface area contributed by atoms with Crippen LogP contribution < -0.4 is 4.74 Å². The summed E-state index contributed by atoms with van der Waals surface area (Å²) in [5.74, 6) is 0.578. The van der Waals surface area contributed by atoms with Gasteiger partial charge in [-0.15, -0.1) is 0 Å². The van der Waals surface area contributed by atoms with Gasteiger partial charge in [0, 0.05) is 10.9 Å². The summed E-state index contributed by atoms with van der Waals surface area (Å²) in [5, 5.41) is 10.8. The van der Waals surface area contributed by atoms with Crippen molar-refractivity contribution < 1.29 is 9.84 Å². The van der Waals surface area contributed by atoms with Crippen LogP contribution in [0.15, 0.2) is 46.9 Å². The van der Waals surface area contributed by atoms with Gasteiger partial charge in [-0.25, -0.2) is 0 Å². The molecule has 0 amide bonds. The van der Waals surface area contributed by atoms with Crippen LogP contribution in [0.5, 0.6) is 5.75 Å². The van der Waals surface area contributed by atoms with Gasteiger partial charge in [0.1, 0.15) is 5.75 Å². The molecular formula is C15H14BrClO2. The summed E-state index contributed by atoms with van der Waals surface area (Å²) in [6.07, 6.45) is -0.0229. The number of hydrogen-bond acceptors (Lipinski definition) is 2. The number of halogens is 2. The molecule has 0 aliphatic carbocycles. The van der Waals surface area contributed by atoms with Crippen LogP contribution >= 0.6 is 27.5 Å². The third-order valence-electron chi connectivity index (χ3n) is 2.90. The van der Waals surface area contributed by atoms with E-state index in [9.17, 15) is 5.11 Å². The molecule has 0 aliphatic rings. The van der Waals surface area contributed by atoms with Crippen LogP contribution in [-0.4, -0.2) is 12.2 Å². The molecule has 2 nitrogen and oxygen atoms in total. The molecule has 100 valence electrons. The van der Waals surface area contributed by atoms with Crippen LogP contribution in [0.2, 0.25) is 5.02 Å². The molecule has 0 fully saturated rings. The van der Waals surface area contributed by atoms with Gasteiger partial charge in [0.05, 0.1) is 18.2 Å². The van der Waals surface area contributed by atoms with Gasteiger partial charge in [-0.3, -0.25) is 0 Å². The van der Waals surface area contributed by atoms with Gasteiger partial charge in [0.2, 0.25) is 0 Å².